The number of amides is 4. The summed E-state index contributed by atoms with van der Waals surface area (Å²) in [4.78, 5) is 67.7. The SMILES string of the molecule is C.C.CC(C)N(C(=O)C1CCCN(C2CCN(C(=O)c3c4ccccc4cc4ccccc34)CC2)C1)C(C)C.O=C(c1c2ccccc2cc2ccccc12)N1CCC(N2CCCC(C(=O)N3CCCCC3)C2)CC1. The maximum absolute atomic E-state index is 13.9. The molecule has 5 aliphatic heterocycles. The molecule has 2 atom stereocenters. The highest BCUT2D eigenvalue weighted by Crippen LogP contribution is 2.34. The molecule has 5 heterocycles. The van der Waals surface area contributed by atoms with Crippen LogP contribution < -0.4 is 0 Å². The summed E-state index contributed by atoms with van der Waals surface area (Å²) in [7, 11) is 0. The Hall–Kier alpha value is -5.84. The summed E-state index contributed by atoms with van der Waals surface area (Å²) >= 11 is 0. The molecule has 5 aliphatic rings. The van der Waals surface area contributed by atoms with Crippen molar-refractivity contribution in [3.05, 3.63) is 120 Å². The van der Waals surface area contributed by atoms with E-state index in [2.05, 4.69) is 118 Å². The quantitative estimate of drug-likeness (QED) is 0.141. The van der Waals surface area contributed by atoms with Crippen LogP contribution in [0, 0.1) is 11.8 Å². The molecular formula is C65H86N6O4. The van der Waals surface area contributed by atoms with Gasteiger partial charge in [-0.05, 0) is 167 Å². The van der Waals surface area contributed by atoms with Gasteiger partial charge >= 0.3 is 0 Å². The van der Waals surface area contributed by atoms with Crippen LogP contribution >= 0.6 is 0 Å². The van der Waals surface area contributed by atoms with Crippen LogP contribution in [-0.2, 0) is 9.59 Å². The minimum atomic E-state index is 0. The number of benzene rings is 6. The van der Waals surface area contributed by atoms with E-state index in [0.29, 0.717) is 23.9 Å². The summed E-state index contributed by atoms with van der Waals surface area (Å²) in [5.74, 6) is 1.22. The third-order valence-corrected chi connectivity index (χ3v) is 17.1. The zero-order chi connectivity index (χ0) is 50.6. The minimum absolute atomic E-state index is 0. The third-order valence-electron chi connectivity index (χ3n) is 17.1. The van der Waals surface area contributed by atoms with Gasteiger partial charge in [-0.15, -0.1) is 0 Å². The first-order valence-corrected chi connectivity index (χ1v) is 28.0. The van der Waals surface area contributed by atoms with Gasteiger partial charge in [0.25, 0.3) is 11.8 Å². The van der Waals surface area contributed by atoms with Crippen LogP contribution in [0.15, 0.2) is 109 Å². The number of hydrogen-bond donors (Lipinski definition) is 0. The lowest BCUT2D eigenvalue weighted by Gasteiger charge is -2.43. The molecule has 0 aliphatic carbocycles. The summed E-state index contributed by atoms with van der Waals surface area (Å²) in [5.41, 5.74) is 1.67. The van der Waals surface area contributed by atoms with Crippen LogP contribution in [0.1, 0.15) is 134 Å². The Morgan fingerprint density at radius 3 is 1.17 bits per heavy atom. The number of likely N-dealkylation sites (tertiary alicyclic amines) is 5. The van der Waals surface area contributed by atoms with E-state index < -0.39 is 0 Å². The molecule has 0 radical (unpaired) electrons. The van der Waals surface area contributed by atoms with Crippen molar-refractivity contribution >= 4 is 66.7 Å². The molecule has 11 rings (SSSR count). The molecule has 400 valence electrons. The second-order valence-corrected chi connectivity index (χ2v) is 22.4. The predicted octanol–water partition coefficient (Wildman–Crippen LogP) is 12.5. The van der Waals surface area contributed by atoms with E-state index in [-0.39, 0.29) is 50.6 Å². The van der Waals surface area contributed by atoms with Crippen molar-refractivity contribution in [1.82, 2.24) is 29.4 Å². The summed E-state index contributed by atoms with van der Waals surface area (Å²) < 4.78 is 0. The van der Waals surface area contributed by atoms with E-state index in [1.165, 1.54) is 6.42 Å². The summed E-state index contributed by atoms with van der Waals surface area (Å²) in [6, 6.07) is 38.7. The second kappa shape index (κ2) is 24.9. The standard InChI is InChI=1S/C32H41N3O2.C31H37N3O2.2CH4/c1-22(2)35(23(3)4)31(36)26-12-9-17-34(21-26)27-15-18-33(19-16-27)32(37)30-28-13-7-5-10-24(28)20-25-11-6-8-14-29(25)30;35-30(32-16-6-1-7-17-32)25-11-8-18-34(22-25)26-14-19-33(20-15-26)31(36)29-27-12-4-2-9-23(27)21-24-10-3-5-13-28(24)29;;/h5-8,10-11,13-14,20,22-23,26-27H,9,12,15-19,21H2,1-4H3;2-5,9-10,12-13,21,25-26H,1,6-8,11,14-20,22H2;2*1H4. The predicted molar refractivity (Wildman–Crippen MR) is 310 cm³/mol. The highest BCUT2D eigenvalue weighted by molar-refractivity contribution is 6.19. The van der Waals surface area contributed by atoms with Gasteiger partial charge in [-0.2, -0.15) is 0 Å². The van der Waals surface area contributed by atoms with Crippen molar-refractivity contribution in [2.24, 2.45) is 11.8 Å². The smallest absolute Gasteiger partial charge is 0.255 e. The van der Waals surface area contributed by atoms with Gasteiger partial charge in [0.1, 0.15) is 0 Å². The van der Waals surface area contributed by atoms with Crippen molar-refractivity contribution in [1.29, 1.82) is 0 Å². The zero-order valence-corrected chi connectivity index (χ0v) is 44.0. The Labute approximate surface area is 448 Å². The van der Waals surface area contributed by atoms with Gasteiger partial charge in [-0.1, -0.05) is 112 Å². The van der Waals surface area contributed by atoms with Gasteiger partial charge in [-0.25, -0.2) is 0 Å². The minimum Gasteiger partial charge on any atom is -0.342 e. The maximum Gasteiger partial charge on any atom is 0.255 e. The van der Waals surface area contributed by atoms with Gasteiger partial charge in [0, 0.05) is 76.5 Å². The van der Waals surface area contributed by atoms with Crippen LogP contribution in [0.25, 0.3) is 43.1 Å². The van der Waals surface area contributed by atoms with E-state index >= 15 is 0 Å². The number of carbonyl (C=O) groups is 4. The number of fused-ring (bicyclic) bond motifs is 4. The van der Waals surface area contributed by atoms with Crippen molar-refractivity contribution in [3.8, 4) is 0 Å². The monoisotopic (exact) mass is 1010 g/mol. The maximum atomic E-state index is 13.9. The number of nitrogens with zero attached hydrogens (tertiary/aromatic N) is 6. The molecule has 0 saturated carbocycles. The van der Waals surface area contributed by atoms with Crippen LogP contribution in [0.2, 0.25) is 0 Å². The molecule has 0 spiro atoms. The molecule has 10 nitrogen and oxygen atoms in total. The first-order chi connectivity index (χ1) is 35.5. The normalized spacial score (nSPS) is 20.4. The van der Waals surface area contributed by atoms with Crippen molar-refractivity contribution in [2.45, 2.75) is 137 Å². The number of piperidine rings is 5. The Kier molecular flexibility index (Phi) is 18.4. The molecule has 2 unspecified atom stereocenters. The average Bonchev–Trinajstić information content (AvgIpc) is 3.43. The molecule has 75 heavy (non-hydrogen) atoms. The highest BCUT2D eigenvalue weighted by Gasteiger charge is 2.37. The third kappa shape index (κ3) is 11.9. The van der Waals surface area contributed by atoms with Gasteiger partial charge < -0.3 is 19.6 Å². The van der Waals surface area contributed by atoms with E-state index in [9.17, 15) is 19.2 Å². The second-order valence-electron chi connectivity index (χ2n) is 22.4. The van der Waals surface area contributed by atoms with Crippen molar-refractivity contribution < 1.29 is 19.2 Å². The first-order valence-electron chi connectivity index (χ1n) is 28.0. The molecule has 0 aromatic heterocycles. The highest BCUT2D eigenvalue weighted by atomic mass is 16.2. The molecule has 5 saturated heterocycles. The van der Waals surface area contributed by atoms with Crippen LogP contribution in [0.3, 0.4) is 0 Å². The number of carbonyl (C=O) groups excluding carboxylic acids is 4. The molecule has 6 aromatic carbocycles. The number of rotatable bonds is 8. The fourth-order valence-electron chi connectivity index (χ4n) is 13.4. The molecule has 6 aromatic rings. The fourth-order valence-corrected chi connectivity index (χ4v) is 13.4. The van der Waals surface area contributed by atoms with Crippen LogP contribution in [0.4, 0.5) is 0 Å². The topological polar surface area (TPSA) is 87.7 Å². The molecular weight excluding hydrogens is 929 g/mol. The summed E-state index contributed by atoms with van der Waals surface area (Å²) in [6.07, 6.45) is 11.6. The number of hydrogen-bond acceptors (Lipinski definition) is 6. The van der Waals surface area contributed by atoms with Gasteiger partial charge in [0.05, 0.1) is 23.0 Å². The van der Waals surface area contributed by atoms with E-state index in [0.717, 1.165) is 184 Å². The Bertz CT molecular complexity index is 2810. The largest absolute Gasteiger partial charge is 0.342 e. The lowest BCUT2D eigenvalue weighted by Crippen LogP contribution is -2.53. The summed E-state index contributed by atoms with van der Waals surface area (Å²) in [5, 5.41) is 8.60. The van der Waals surface area contributed by atoms with Gasteiger partial charge in [0.15, 0.2) is 0 Å². The average molecular weight is 1020 g/mol. The first kappa shape index (κ1) is 55.4. The molecule has 0 bridgehead atoms. The van der Waals surface area contributed by atoms with E-state index in [4.69, 9.17) is 0 Å². The van der Waals surface area contributed by atoms with E-state index in [1.54, 1.807) is 0 Å². The van der Waals surface area contributed by atoms with Crippen molar-refractivity contribution in [3.63, 3.8) is 0 Å². The van der Waals surface area contributed by atoms with Crippen LogP contribution in [0.5, 0.6) is 0 Å². The molecule has 0 N–H and O–H groups in total. The molecule has 10 heteroatoms. The van der Waals surface area contributed by atoms with Crippen molar-refractivity contribution in [2.75, 3.05) is 65.4 Å². The molecule has 5 fully saturated rings. The lowest BCUT2D eigenvalue weighted by molar-refractivity contribution is -0.141. The van der Waals surface area contributed by atoms with Gasteiger partial charge in [0.2, 0.25) is 11.8 Å². The lowest BCUT2D eigenvalue weighted by atomic mass is 9.91. The van der Waals surface area contributed by atoms with Gasteiger partial charge in [-0.3, -0.25) is 29.0 Å². The Balaban J connectivity index is 0.000000194. The summed E-state index contributed by atoms with van der Waals surface area (Å²) in [6.45, 7) is 17.3. The Morgan fingerprint density at radius 1 is 0.427 bits per heavy atom. The zero-order valence-electron chi connectivity index (χ0n) is 44.0. The van der Waals surface area contributed by atoms with Crippen LogP contribution in [-0.4, -0.2) is 143 Å². The fraction of sp³-hybridized carbons (Fsp3) is 0.508. The molecule has 4 amide bonds. The van der Waals surface area contributed by atoms with E-state index in [1.807, 2.05) is 48.5 Å². The Morgan fingerprint density at radius 2 is 0.787 bits per heavy atom.